The van der Waals surface area contributed by atoms with Crippen LogP contribution in [0.5, 0.6) is 0 Å². The van der Waals surface area contributed by atoms with Gasteiger partial charge in [-0.2, -0.15) is 13.2 Å². The van der Waals surface area contributed by atoms with E-state index in [0.717, 1.165) is 49.6 Å². The Morgan fingerprint density at radius 3 is 2.39 bits per heavy atom. The van der Waals surface area contributed by atoms with E-state index in [0.29, 0.717) is 23.5 Å². The number of hydrogen-bond donors (Lipinski definition) is 0. The molecule has 1 fully saturated rings. The van der Waals surface area contributed by atoms with Crippen LogP contribution in [0.4, 0.5) is 24.5 Å². The van der Waals surface area contributed by atoms with Crippen molar-refractivity contribution in [2.45, 2.75) is 37.3 Å². The summed E-state index contributed by atoms with van der Waals surface area (Å²) in [6, 6.07) is 6.84. The molecule has 2 aromatic carbocycles. The fraction of sp³-hybridized carbons (Fsp3) is 0.381. The quantitative estimate of drug-likeness (QED) is 0.452. The molecule has 2 aromatic rings. The Bertz CT molecular complexity index is 1160. The number of nitro groups is 1. The minimum atomic E-state index is -4.73. The second-order valence-corrected chi connectivity index (χ2v) is 9.57. The molecule has 1 heterocycles. The summed E-state index contributed by atoms with van der Waals surface area (Å²) in [5.41, 5.74) is -1.68. The maximum absolute atomic E-state index is 13.4. The monoisotopic (exact) mass is 485 g/mol. The number of aryl methyl sites for hydroxylation is 1. The Morgan fingerprint density at radius 2 is 1.79 bits per heavy atom. The van der Waals surface area contributed by atoms with Gasteiger partial charge in [-0.15, -0.1) is 0 Å². The molecule has 8 nitrogen and oxygen atoms in total. The van der Waals surface area contributed by atoms with E-state index in [1.165, 1.54) is 17.9 Å². The molecule has 0 atom stereocenters. The summed E-state index contributed by atoms with van der Waals surface area (Å²) in [7, 11) is -4.61. The molecule has 0 spiro atoms. The highest BCUT2D eigenvalue weighted by atomic mass is 32.2. The predicted molar refractivity (Wildman–Crippen MR) is 114 cm³/mol. The van der Waals surface area contributed by atoms with Crippen LogP contribution in [0.2, 0.25) is 0 Å². The van der Waals surface area contributed by atoms with Crippen LogP contribution in [0.25, 0.3) is 0 Å². The molecule has 33 heavy (non-hydrogen) atoms. The molecule has 178 valence electrons. The molecule has 1 saturated heterocycles. The molecule has 0 unspecified atom stereocenters. The molecule has 1 aliphatic rings. The van der Waals surface area contributed by atoms with Gasteiger partial charge in [0.2, 0.25) is 5.91 Å². The number of likely N-dealkylation sites (tertiary alicyclic amines) is 1. The van der Waals surface area contributed by atoms with Crippen molar-refractivity contribution in [3.05, 3.63) is 63.7 Å². The summed E-state index contributed by atoms with van der Waals surface area (Å²) in [6.07, 6.45) is -2.32. The molecule has 1 aliphatic heterocycles. The number of halogens is 3. The van der Waals surface area contributed by atoms with Crippen molar-refractivity contribution in [2.24, 2.45) is 0 Å². The van der Waals surface area contributed by atoms with Gasteiger partial charge in [-0.3, -0.25) is 19.2 Å². The molecular formula is C21H22F3N3O5S. The molecule has 0 bridgehead atoms. The predicted octanol–water partition coefficient (Wildman–Crippen LogP) is 4.13. The second kappa shape index (κ2) is 9.38. The fourth-order valence-electron chi connectivity index (χ4n) is 3.59. The smallest absolute Gasteiger partial charge is 0.341 e. The summed E-state index contributed by atoms with van der Waals surface area (Å²) in [5.74, 6) is -0.558. The number of amides is 1. The molecular weight excluding hydrogens is 463 g/mol. The third-order valence-electron chi connectivity index (χ3n) is 5.41. The van der Waals surface area contributed by atoms with Crippen molar-refractivity contribution in [1.82, 2.24) is 4.90 Å². The first kappa shape index (κ1) is 24.5. The number of sulfonamides is 1. The van der Waals surface area contributed by atoms with Gasteiger partial charge in [-0.1, -0.05) is 12.1 Å². The first-order valence-electron chi connectivity index (χ1n) is 10.1. The van der Waals surface area contributed by atoms with Gasteiger partial charge >= 0.3 is 6.18 Å². The van der Waals surface area contributed by atoms with Gasteiger partial charge in [-0.05, 0) is 50.5 Å². The van der Waals surface area contributed by atoms with Crippen molar-refractivity contribution < 1.29 is 31.3 Å². The van der Waals surface area contributed by atoms with E-state index >= 15 is 0 Å². The molecule has 3 rings (SSSR count). The van der Waals surface area contributed by atoms with Crippen molar-refractivity contribution in [2.75, 3.05) is 23.9 Å². The maximum atomic E-state index is 13.4. The van der Waals surface area contributed by atoms with Gasteiger partial charge in [0.15, 0.2) is 0 Å². The Hall–Kier alpha value is -3.15. The Kier molecular flexibility index (Phi) is 6.96. The molecule has 0 aliphatic carbocycles. The highest BCUT2D eigenvalue weighted by molar-refractivity contribution is 7.92. The van der Waals surface area contributed by atoms with Gasteiger partial charge in [0.05, 0.1) is 21.1 Å². The van der Waals surface area contributed by atoms with Gasteiger partial charge in [0, 0.05) is 24.7 Å². The van der Waals surface area contributed by atoms with Crippen LogP contribution in [0, 0.1) is 17.0 Å². The van der Waals surface area contributed by atoms with Crippen LogP contribution < -0.4 is 4.31 Å². The van der Waals surface area contributed by atoms with E-state index in [2.05, 4.69) is 0 Å². The zero-order valence-corrected chi connectivity index (χ0v) is 18.5. The number of hydrogen-bond acceptors (Lipinski definition) is 5. The van der Waals surface area contributed by atoms with E-state index in [4.69, 9.17) is 0 Å². The lowest BCUT2D eigenvalue weighted by Crippen LogP contribution is -2.45. The van der Waals surface area contributed by atoms with Crippen LogP contribution in [0.1, 0.15) is 30.4 Å². The topological polar surface area (TPSA) is 101 Å². The average molecular weight is 485 g/mol. The van der Waals surface area contributed by atoms with Gasteiger partial charge in [0.1, 0.15) is 6.54 Å². The molecule has 1 amide bonds. The number of anilines is 1. The number of nitrogens with zero attached hydrogens (tertiary/aromatic N) is 3. The van der Waals surface area contributed by atoms with E-state index < -0.39 is 49.7 Å². The van der Waals surface area contributed by atoms with E-state index in [9.17, 15) is 36.5 Å². The number of carbonyl (C=O) groups excluding carboxylic acids is 1. The zero-order chi connectivity index (χ0) is 24.4. The van der Waals surface area contributed by atoms with E-state index in [1.54, 1.807) is 0 Å². The molecule has 12 heteroatoms. The summed E-state index contributed by atoms with van der Waals surface area (Å²) in [5, 5.41) is 11.3. The largest absolute Gasteiger partial charge is 0.416 e. The number of nitro benzene ring substituents is 1. The minimum absolute atomic E-state index is 0.217. The van der Waals surface area contributed by atoms with Crippen LogP contribution in [-0.2, 0) is 21.0 Å². The average Bonchev–Trinajstić information content (AvgIpc) is 2.77. The van der Waals surface area contributed by atoms with Crippen molar-refractivity contribution in [3.8, 4) is 0 Å². The van der Waals surface area contributed by atoms with Crippen molar-refractivity contribution in [1.29, 1.82) is 0 Å². The van der Waals surface area contributed by atoms with Crippen LogP contribution in [0.3, 0.4) is 0 Å². The van der Waals surface area contributed by atoms with Crippen molar-refractivity contribution >= 4 is 27.3 Å². The fourth-order valence-corrected chi connectivity index (χ4v) is 5.02. The molecule has 0 radical (unpaired) electrons. The molecule has 0 saturated carbocycles. The lowest BCUT2D eigenvalue weighted by molar-refractivity contribution is -0.385. The summed E-state index contributed by atoms with van der Waals surface area (Å²) < 4.78 is 67.3. The van der Waals surface area contributed by atoms with Crippen LogP contribution >= 0.6 is 0 Å². The van der Waals surface area contributed by atoms with Gasteiger partial charge in [0.25, 0.3) is 15.7 Å². The third kappa shape index (κ3) is 5.44. The van der Waals surface area contributed by atoms with E-state index in [1.807, 2.05) is 0 Å². The first-order chi connectivity index (χ1) is 15.4. The minimum Gasteiger partial charge on any atom is -0.341 e. The summed E-state index contributed by atoms with van der Waals surface area (Å²) >= 11 is 0. The Labute approximate surface area is 188 Å². The second-order valence-electron chi connectivity index (χ2n) is 7.71. The van der Waals surface area contributed by atoms with Crippen molar-refractivity contribution in [3.63, 3.8) is 0 Å². The highest BCUT2D eigenvalue weighted by Gasteiger charge is 2.34. The highest BCUT2D eigenvalue weighted by Crippen LogP contribution is 2.34. The number of benzene rings is 2. The van der Waals surface area contributed by atoms with Gasteiger partial charge < -0.3 is 4.90 Å². The van der Waals surface area contributed by atoms with E-state index in [-0.39, 0.29) is 11.3 Å². The number of piperidine rings is 1. The SMILES string of the molecule is Cc1ccc(S(=O)(=O)N(CC(=O)N2CCCCC2)c2cccc(C(F)(F)F)c2)cc1[N+](=O)[O-]. The Balaban J connectivity index is 2.09. The third-order valence-corrected chi connectivity index (χ3v) is 7.18. The normalized spacial score (nSPS) is 14.7. The van der Waals surface area contributed by atoms with Gasteiger partial charge in [-0.25, -0.2) is 8.42 Å². The lowest BCUT2D eigenvalue weighted by atomic mass is 10.1. The molecule has 0 N–H and O–H groups in total. The number of alkyl halides is 3. The lowest BCUT2D eigenvalue weighted by Gasteiger charge is -2.30. The summed E-state index contributed by atoms with van der Waals surface area (Å²) in [6.45, 7) is 1.54. The van der Waals surface area contributed by atoms with Crippen LogP contribution in [0.15, 0.2) is 47.4 Å². The first-order valence-corrected chi connectivity index (χ1v) is 11.6. The summed E-state index contributed by atoms with van der Waals surface area (Å²) in [4.78, 5) is 24.4. The number of rotatable bonds is 6. The molecule has 0 aromatic heterocycles. The zero-order valence-electron chi connectivity index (χ0n) is 17.7. The maximum Gasteiger partial charge on any atom is 0.416 e. The standard InChI is InChI=1S/C21H22F3N3O5S/c1-15-8-9-18(13-19(15)27(29)30)33(31,32)26(14-20(28)25-10-3-2-4-11-25)17-7-5-6-16(12-17)21(22,23)24/h5-9,12-13H,2-4,10-11,14H2,1H3. The van der Waals surface area contributed by atoms with Crippen LogP contribution in [-0.4, -0.2) is 43.8 Å². The Morgan fingerprint density at radius 1 is 1.12 bits per heavy atom. The number of carbonyl (C=O) groups is 1.